The molecule has 0 unspecified atom stereocenters. The molecule has 4 rings (SSSR count). The van der Waals surface area contributed by atoms with E-state index < -0.39 is 28.7 Å². The third kappa shape index (κ3) is 3.40. The minimum Gasteiger partial charge on any atom is -0.313 e. The van der Waals surface area contributed by atoms with Crippen LogP contribution < -0.4 is 11.2 Å². The molecule has 2 heterocycles. The van der Waals surface area contributed by atoms with Crippen molar-refractivity contribution in [2.45, 2.75) is 19.3 Å². The largest absolute Gasteiger partial charge is 0.325 e. The minimum atomic E-state index is -1.49. The number of hydrogen-bond donors (Lipinski definition) is 2. The summed E-state index contributed by atoms with van der Waals surface area (Å²) in [7, 11) is 0. The maximum atomic E-state index is 14.1. The quantitative estimate of drug-likeness (QED) is 0.496. The van der Waals surface area contributed by atoms with Crippen LogP contribution in [-0.2, 0) is 0 Å². The van der Waals surface area contributed by atoms with Crippen LogP contribution in [0.1, 0.15) is 36.2 Å². The van der Waals surface area contributed by atoms with Gasteiger partial charge in [0.25, 0.3) is 5.56 Å². The van der Waals surface area contributed by atoms with E-state index in [0.717, 1.165) is 6.07 Å². The number of hydrogen-bond acceptors (Lipinski definition) is 4. The second-order valence-electron chi connectivity index (χ2n) is 7.00. The van der Waals surface area contributed by atoms with Crippen LogP contribution in [0.4, 0.5) is 13.2 Å². The van der Waals surface area contributed by atoms with Crippen LogP contribution in [0.3, 0.4) is 0 Å². The first-order valence-corrected chi connectivity index (χ1v) is 9.01. The Bertz CT molecular complexity index is 1300. The van der Waals surface area contributed by atoms with Crippen molar-refractivity contribution in [3.05, 3.63) is 92.5 Å². The van der Waals surface area contributed by atoms with E-state index in [9.17, 15) is 22.8 Å². The summed E-state index contributed by atoms with van der Waals surface area (Å²) >= 11 is 0. The maximum absolute atomic E-state index is 14.1. The molecule has 2 atom stereocenters. The first-order chi connectivity index (χ1) is 14.3. The van der Waals surface area contributed by atoms with Crippen LogP contribution >= 0.6 is 0 Å². The Morgan fingerprint density at radius 2 is 2.03 bits per heavy atom. The molecule has 7 nitrogen and oxygen atoms in total. The molecular weight excluding hydrogens is 399 g/mol. The van der Waals surface area contributed by atoms with Crippen LogP contribution in [0.2, 0.25) is 0 Å². The van der Waals surface area contributed by atoms with E-state index in [1.54, 1.807) is 13.1 Å². The van der Waals surface area contributed by atoms with Crippen molar-refractivity contribution >= 4 is 11.3 Å². The average Bonchev–Trinajstić information content (AvgIpc) is 3.36. The molecule has 1 aliphatic rings. The first-order valence-electron chi connectivity index (χ1n) is 9.01. The molecule has 2 N–H and O–H groups in total. The summed E-state index contributed by atoms with van der Waals surface area (Å²) in [6.07, 6.45) is 4.81. The highest BCUT2D eigenvalue weighted by Gasteiger charge is 2.43. The Labute approximate surface area is 167 Å². The van der Waals surface area contributed by atoms with Gasteiger partial charge < -0.3 is 4.98 Å². The summed E-state index contributed by atoms with van der Waals surface area (Å²) in [4.78, 5) is 31.8. The zero-order valence-electron chi connectivity index (χ0n) is 15.7. The standard InChI is InChI=1S/C20H16F3N5O2/c1-9(12-7-13(12)11-3-4-15(21)17(23)16(11)22)18-24-5-6-28(18)27-10(2)14-8-25-20(30)26-19(14)29/h3-6,8,12-13H,1,7H2,2H3,(H2,25,26,29,30)/b27-10+/t12-,13-/m1/s1. The molecule has 30 heavy (non-hydrogen) atoms. The predicted octanol–water partition coefficient (Wildman–Crippen LogP) is 2.77. The van der Waals surface area contributed by atoms with Gasteiger partial charge in [0.05, 0.1) is 11.3 Å². The highest BCUT2D eigenvalue weighted by atomic mass is 19.2. The van der Waals surface area contributed by atoms with Gasteiger partial charge in [-0.2, -0.15) is 5.10 Å². The summed E-state index contributed by atoms with van der Waals surface area (Å²) in [5.74, 6) is -4.07. The number of nitrogens with one attached hydrogen (secondary N) is 2. The van der Waals surface area contributed by atoms with Crippen molar-refractivity contribution in [2.75, 3.05) is 0 Å². The van der Waals surface area contributed by atoms with E-state index in [2.05, 4.69) is 26.6 Å². The Morgan fingerprint density at radius 1 is 1.27 bits per heavy atom. The molecule has 1 fully saturated rings. The number of halogens is 3. The summed E-state index contributed by atoms with van der Waals surface area (Å²) in [5, 5.41) is 4.34. The van der Waals surface area contributed by atoms with E-state index in [1.807, 2.05) is 0 Å². The number of imidazole rings is 1. The van der Waals surface area contributed by atoms with Crippen LogP contribution in [0.5, 0.6) is 0 Å². The summed E-state index contributed by atoms with van der Waals surface area (Å²) < 4.78 is 42.2. The van der Waals surface area contributed by atoms with Gasteiger partial charge in [-0.1, -0.05) is 12.6 Å². The molecule has 0 aliphatic heterocycles. The molecule has 0 bridgehead atoms. The number of aromatic amines is 2. The molecule has 1 aromatic carbocycles. The molecule has 0 saturated heterocycles. The molecule has 0 radical (unpaired) electrons. The molecule has 0 spiro atoms. The number of rotatable bonds is 5. The van der Waals surface area contributed by atoms with Crippen molar-refractivity contribution in [3.8, 4) is 0 Å². The Balaban J connectivity index is 1.60. The number of benzene rings is 1. The van der Waals surface area contributed by atoms with Crippen molar-refractivity contribution < 1.29 is 13.2 Å². The van der Waals surface area contributed by atoms with Crippen molar-refractivity contribution in [3.63, 3.8) is 0 Å². The molecule has 1 aliphatic carbocycles. The van der Waals surface area contributed by atoms with E-state index in [-0.39, 0.29) is 23.0 Å². The lowest BCUT2D eigenvalue weighted by atomic mass is 10.0. The maximum Gasteiger partial charge on any atom is 0.325 e. The average molecular weight is 415 g/mol. The Morgan fingerprint density at radius 3 is 2.77 bits per heavy atom. The summed E-state index contributed by atoms with van der Waals surface area (Å²) in [6.45, 7) is 5.61. The van der Waals surface area contributed by atoms with Crippen LogP contribution in [0.15, 0.2) is 52.0 Å². The van der Waals surface area contributed by atoms with Crippen molar-refractivity contribution in [1.82, 2.24) is 19.6 Å². The van der Waals surface area contributed by atoms with Gasteiger partial charge in [-0.05, 0) is 42.4 Å². The lowest BCUT2D eigenvalue weighted by Gasteiger charge is -2.08. The van der Waals surface area contributed by atoms with E-state index in [0.29, 0.717) is 23.5 Å². The lowest BCUT2D eigenvalue weighted by Crippen LogP contribution is -2.26. The van der Waals surface area contributed by atoms with Crippen LogP contribution in [-0.4, -0.2) is 25.3 Å². The van der Waals surface area contributed by atoms with Gasteiger partial charge >= 0.3 is 5.69 Å². The van der Waals surface area contributed by atoms with Gasteiger partial charge in [0.1, 0.15) is 0 Å². The molecular formula is C20H16F3N5O2. The fourth-order valence-corrected chi connectivity index (χ4v) is 3.42. The van der Waals surface area contributed by atoms with Crippen LogP contribution in [0, 0.1) is 23.4 Å². The molecule has 154 valence electrons. The second kappa shape index (κ2) is 7.29. The Kier molecular flexibility index (Phi) is 4.76. The number of H-pyrrole nitrogens is 2. The Hall–Kier alpha value is -3.69. The highest BCUT2D eigenvalue weighted by Crippen LogP contribution is 2.54. The number of aromatic nitrogens is 4. The highest BCUT2D eigenvalue weighted by molar-refractivity contribution is 5.98. The summed E-state index contributed by atoms with van der Waals surface area (Å²) in [6, 6.07) is 2.14. The predicted molar refractivity (Wildman–Crippen MR) is 104 cm³/mol. The third-order valence-corrected chi connectivity index (χ3v) is 5.08. The number of nitrogens with zero attached hydrogens (tertiary/aromatic N) is 3. The molecule has 1 saturated carbocycles. The van der Waals surface area contributed by atoms with Gasteiger partial charge in [0.2, 0.25) is 0 Å². The van der Waals surface area contributed by atoms with Gasteiger partial charge in [-0.25, -0.2) is 27.6 Å². The molecule has 10 heteroatoms. The zero-order chi connectivity index (χ0) is 21.6. The van der Waals surface area contributed by atoms with E-state index in [4.69, 9.17) is 0 Å². The van der Waals surface area contributed by atoms with Crippen molar-refractivity contribution in [2.24, 2.45) is 11.0 Å². The van der Waals surface area contributed by atoms with Gasteiger partial charge in [-0.15, -0.1) is 0 Å². The monoisotopic (exact) mass is 415 g/mol. The minimum absolute atomic E-state index is 0.0950. The first kappa shape index (κ1) is 19.6. The second-order valence-corrected chi connectivity index (χ2v) is 7.00. The number of allylic oxidation sites excluding steroid dienone is 1. The van der Waals surface area contributed by atoms with E-state index in [1.165, 1.54) is 23.1 Å². The SMILES string of the molecule is C=C(c1nccn1/N=C(\C)c1c[nH]c(=O)[nH]c1=O)[C@H]1C[C@@H]1c1ccc(F)c(F)c1F. The lowest BCUT2D eigenvalue weighted by molar-refractivity contribution is 0.440. The normalized spacial score (nSPS) is 18.5. The van der Waals surface area contributed by atoms with Crippen molar-refractivity contribution in [1.29, 1.82) is 0 Å². The third-order valence-electron chi connectivity index (χ3n) is 5.08. The topological polar surface area (TPSA) is 95.9 Å². The fraction of sp³-hybridized carbons (Fsp3) is 0.200. The summed E-state index contributed by atoms with van der Waals surface area (Å²) in [5.41, 5.74) is -0.0701. The van der Waals surface area contributed by atoms with Gasteiger partial charge in [0, 0.05) is 18.6 Å². The molecule has 0 amide bonds. The molecule has 2 aromatic heterocycles. The van der Waals surface area contributed by atoms with Gasteiger partial charge in [0.15, 0.2) is 23.3 Å². The van der Waals surface area contributed by atoms with Crippen LogP contribution in [0.25, 0.3) is 5.57 Å². The smallest absolute Gasteiger partial charge is 0.313 e. The zero-order valence-corrected chi connectivity index (χ0v) is 15.7. The fourth-order valence-electron chi connectivity index (χ4n) is 3.42. The molecule has 3 aromatic rings. The van der Waals surface area contributed by atoms with E-state index >= 15 is 0 Å². The van der Waals surface area contributed by atoms with Gasteiger partial charge in [-0.3, -0.25) is 9.78 Å².